The monoisotopic (exact) mass is 419 g/mol. The van der Waals surface area contributed by atoms with Crippen molar-refractivity contribution in [3.8, 4) is 23.0 Å². The first-order valence-electron chi connectivity index (χ1n) is 9.46. The minimum absolute atomic E-state index is 0.0268. The van der Waals surface area contributed by atoms with Gasteiger partial charge in [-0.25, -0.2) is 9.37 Å². The zero-order valence-electron chi connectivity index (χ0n) is 15.4. The molecule has 152 valence electrons. The van der Waals surface area contributed by atoms with Crippen LogP contribution in [0.15, 0.2) is 30.3 Å². The van der Waals surface area contributed by atoms with Crippen LogP contribution in [0.3, 0.4) is 0 Å². The Kier molecular flexibility index (Phi) is 4.99. The lowest BCUT2D eigenvalue weighted by Crippen LogP contribution is -2.32. The van der Waals surface area contributed by atoms with Gasteiger partial charge in [-0.2, -0.15) is 4.98 Å². The van der Waals surface area contributed by atoms with Crippen molar-refractivity contribution in [2.24, 2.45) is 0 Å². The van der Waals surface area contributed by atoms with Crippen LogP contribution in [0.25, 0.3) is 22.4 Å². The number of H-pyrrole nitrogens is 1. The molecule has 1 N–H and O–H groups in total. The lowest BCUT2D eigenvalue weighted by atomic mass is 10.1. The third kappa shape index (κ3) is 3.63. The highest BCUT2D eigenvalue weighted by molar-refractivity contribution is 6.33. The summed E-state index contributed by atoms with van der Waals surface area (Å²) in [6.07, 6.45) is 0.728. The van der Waals surface area contributed by atoms with E-state index in [1.54, 1.807) is 18.2 Å². The molecule has 2 saturated heterocycles. The minimum atomic E-state index is -0.532. The van der Waals surface area contributed by atoms with Gasteiger partial charge in [-0.15, -0.1) is 0 Å². The summed E-state index contributed by atoms with van der Waals surface area (Å²) in [6, 6.07) is 9.29. The molecule has 3 aromatic rings. The molecule has 0 radical (unpaired) electrons. The fourth-order valence-corrected chi connectivity index (χ4v) is 3.95. The van der Waals surface area contributed by atoms with E-state index in [-0.39, 0.29) is 24.9 Å². The number of pyridine rings is 1. The lowest BCUT2D eigenvalue weighted by molar-refractivity contribution is 0.0273. The largest absolute Gasteiger partial charge is 0.491 e. The molecule has 2 aliphatic rings. The van der Waals surface area contributed by atoms with Crippen molar-refractivity contribution in [3.63, 3.8) is 0 Å². The average molecular weight is 420 g/mol. The Balaban J connectivity index is 1.38. The van der Waals surface area contributed by atoms with Crippen LogP contribution >= 0.6 is 11.6 Å². The highest BCUT2D eigenvalue weighted by atomic mass is 35.5. The summed E-state index contributed by atoms with van der Waals surface area (Å²) in [5, 5.41) is 0.480. The number of aromatic amines is 1. The number of benzene rings is 1. The standard InChI is InChI=1S/C20H19ClFN3O4/c21-13-9-14-19(24-17(13)11-1-3-12(4-2-11)26-8-6-22)25-20(23-14)29-16-10-28-15-5-7-27-18(15)16/h1-4,9,15-16,18H,5-8,10H2,(H,23,24,25). The van der Waals surface area contributed by atoms with E-state index in [0.29, 0.717) is 46.9 Å². The number of nitrogens with one attached hydrogen (secondary N) is 1. The lowest BCUT2D eigenvalue weighted by Gasteiger charge is -2.15. The minimum Gasteiger partial charge on any atom is -0.491 e. The number of hydrogen-bond acceptors (Lipinski definition) is 6. The predicted octanol–water partition coefficient (Wildman–Crippen LogP) is 3.56. The number of rotatable bonds is 6. The quantitative estimate of drug-likeness (QED) is 0.658. The second kappa shape index (κ2) is 7.78. The summed E-state index contributed by atoms with van der Waals surface area (Å²) in [4.78, 5) is 12.1. The maximum Gasteiger partial charge on any atom is 0.296 e. The second-order valence-corrected chi connectivity index (χ2v) is 7.35. The van der Waals surface area contributed by atoms with Gasteiger partial charge in [0.15, 0.2) is 11.8 Å². The Morgan fingerprint density at radius 3 is 2.90 bits per heavy atom. The fourth-order valence-electron chi connectivity index (χ4n) is 3.69. The van der Waals surface area contributed by atoms with E-state index in [9.17, 15) is 4.39 Å². The molecule has 7 nitrogen and oxygen atoms in total. The van der Waals surface area contributed by atoms with Gasteiger partial charge >= 0.3 is 0 Å². The van der Waals surface area contributed by atoms with Gasteiger partial charge in [0.25, 0.3) is 6.01 Å². The van der Waals surface area contributed by atoms with Crippen molar-refractivity contribution in [1.29, 1.82) is 0 Å². The normalized spacial score (nSPS) is 23.4. The first-order valence-corrected chi connectivity index (χ1v) is 9.84. The van der Waals surface area contributed by atoms with Crippen LogP contribution in [-0.2, 0) is 9.47 Å². The second-order valence-electron chi connectivity index (χ2n) is 6.95. The van der Waals surface area contributed by atoms with Crippen molar-refractivity contribution < 1.29 is 23.3 Å². The summed E-state index contributed by atoms with van der Waals surface area (Å²) in [5.41, 5.74) is 2.58. The molecule has 0 spiro atoms. The molecule has 0 aliphatic carbocycles. The molecular formula is C20H19ClFN3O4. The Hall–Kier alpha value is -2.42. The molecule has 2 aliphatic heterocycles. The molecule has 4 heterocycles. The average Bonchev–Trinajstić information content (AvgIpc) is 3.43. The zero-order valence-corrected chi connectivity index (χ0v) is 16.2. The van der Waals surface area contributed by atoms with Crippen LogP contribution in [0.5, 0.6) is 11.8 Å². The number of aromatic nitrogens is 3. The molecule has 2 aromatic heterocycles. The van der Waals surface area contributed by atoms with Gasteiger partial charge in [0, 0.05) is 12.2 Å². The number of ether oxygens (including phenoxy) is 4. The van der Waals surface area contributed by atoms with Gasteiger partial charge in [-0.05, 0) is 36.8 Å². The Bertz CT molecular complexity index is 1010. The summed E-state index contributed by atoms with van der Waals surface area (Å²) in [6.45, 7) is 0.658. The van der Waals surface area contributed by atoms with Gasteiger partial charge in [0.05, 0.1) is 28.9 Å². The predicted molar refractivity (Wildman–Crippen MR) is 104 cm³/mol. The van der Waals surface area contributed by atoms with E-state index in [0.717, 1.165) is 12.0 Å². The summed E-state index contributed by atoms with van der Waals surface area (Å²) < 4.78 is 34.9. The molecule has 0 bridgehead atoms. The topological polar surface area (TPSA) is 78.5 Å². The molecule has 2 fully saturated rings. The smallest absolute Gasteiger partial charge is 0.296 e. The van der Waals surface area contributed by atoms with E-state index in [4.69, 9.17) is 30.5 Å². The Labute approximate surface area is 171 Å². The zero-order chi connectivity index (χ0) is 19.8. The third-order valence-corrected chi connectivity index (χ3v) is 5.35. The van der Waals surface area contributed by atoms with E-state index >= 15 is 0 Å². The van der Waals surface area contributed by atoms with Crippen LogP contribution in [-0.4, -0.2) is 59.8 Å². The molecule has 3 unspecified atom stereocenters. The number of nitrogens with zero attached hydrogens (tertiary/aromatic N) is 2. The van der Waals surface area contributed by atoms with Crippen molar-refractivity contribution in [1.82, 2.24) is 15.0 Å². The molecule has 5 rings (SSSR count). The third-order valence-electron chi connectivity index (χ3n) is 5.06. The van der Waals surface area contributed by atoms with E-state index in [2.05, 4.69) is 15.0 Å². The molecule has 9 heteroatoms. The molecule has 1 aromatic carbocycles. The first-order chi connectivity index (χ1) is 14.2. The van der Waals surface area contributed by atoms with Gasteiger partial charge in [-0.3, -0.25) is 0 Å². The number of alkyl halides is 1. The fraction of sp³-hybridized carbons (Fsp3) is 0.400. The summed E-state index contributed by atoms with van der Waals surface area (Å²) >= 11 is 6.44. The Morgan fingerprint density at radius 1 is 1.21 bits per heavy atom. The van der Waals surface area contributed by atoms with Crippen molar-refractivity contribution >= 4 is 22.8 Å². The maximum atomic E-state index is 12.2. The molecule has 29 heavy (non-hydrogen) atoms. The number of fused-ring (bicyclic) bond motifs is 2. The van der Waals surface area contributed by atoms with Gasteiger partial charge < -0.3 is 23.9 Å². The van der Waals surface area contributed by atoms with E-state index in [1.807, 2.05) is 12.1 Å². The van der Waals surface area contributed by atoms with Crippen molar-refractivity contribution in [2.45, 2.75) is 24.7 Å². The van der Waals surface area contributed by atoms with Crippen molar-refractivity contribution in [2.75, 3.05) is 26.5 Å². The summed E-state index contributed by atoms with van der Waals surface area (Å²) in [7, 11) is 0. The SMILES string of the molecule is FCCOc1ccc(-c2nc3nc(OC4COC5CCOC54)[nH]c3cc2Cl)cc1. The van der Waals surface area contributed by atoms with Crippen LogP contribution in [0.2, 0.25) is 5.02 Å². The number of hydrogen-bond donors (Lipinski definition) is 1. The summed E-state index contributed by atoms with van der Waals surface area (Å²) in [5.74, 6) is 0.588. The first kappa shape index (κ1) is 18.6. The maximum absolute atomic E-state index is 12.2. The molecule has 0 amide bonds. The van der Waals surface area contributed by atoms with Crippen LogP contribution in [0.4, 0.5) is 4.39 Å². The van der Waals surface area contributed by atoms with Gasteiger partial charge in [0.1, 0.15) is 25.1 Å². The van der Waals surface area contributed by atoms with Crippen LogP contribution in [0.1, 0.15) is 6.42 Å². The highest BCUT2D eigenvalue weighted by Crippen LogP contribution is 2.32. The van der Waals surface area contributed by atoms with E-state index < -0.39 is 6.67 Å². The number of imidazole rings is 1. The highest BCUT2D eigenvalue weighted by Gasteiger charge is 2.43. The molecule has 0 saturated carbocycles. The van der Waals surface area contributed by atoms with Crippen LogP contribution < -0.4 is 9.47 Å². The van der Waals surface area contributed by atoms with Crippen molar-refractivity contribution in [3.05, 3.63) is 35.4 Å². The molecule has 3 atom stereocenters. The number of halogens is 2. The van der Waals surface area contributed by atoms with Gasteiger partial charge in [-0.1, -0.05) is 11.6 Å². The molecular weight excluding hydrogens is 401 g/mol. The van der Waals surface area contributed by atoms with E-state index in [1.165, 1.54) is 0 Å². The Morgan fingerprint density at radius 2 is 2.07 bits per heavy atom. The van der Waals surface area contributed by atoms with Gasteiger partial charge in [0.2, 0.25) is 0 Å². The van der Waals surface area contributed by atoms with Crippen LogP contribution in [0, 0.1) is 0 Å².